The maximum atomic E-state index is 14.0. The van der Waals surface area contributed by atoms with Crippen molar-refractivity contribution in [2.75, 3.05) is 25.7 Å². The van der Waals surface area contributed by atoms with Crippen molar-refractivity contribution in [3.8, 4) is 23.3 Å². The number of halogens is 2. The van der Waals surface area contributed by atoms with Crippen molar-refractivity contribution in [2.24, 2.45) is 5.73 Å². The second-order valence-electron chi connectivity index (χ2n) is 8.40. The average Bonchev–Trinajstić information content (AvgIpc) is 3.43. The van der Waals surface area contributed by atoms with Gasteiger partial charge in [-0.1, -0.05) is 35.3 Å². The quantitative estimate of drug-likeness (QED) is 0.336. The molecule has 13 heteroatoms. The number of hydrogen-bond donors (Lipinski definition) is 2. The summed E-state index contributed by atoms with van der Waals surface area (Å²) in [6, 6.07) is 7.93. The Balaban J connectivity index is 1.78. The van der Waals surface area contributed by atoms with Crippen LogP contribution < -0.4 is 25.7 Å². The van der Waals surface area contributed by atoms with Gasteiger partial charge in [-0.05, 0) is 36.7 Å². The second-order valence-corrected chi connectivity index (χ2v) is 9.28. The summed E-state index contributed by atoms with van der Waals surface area (Å²) in [5.41, 5.74) is 7.44. The number of fused-ring (bicyclic) bond motifs is 1. The van der Waals surface area contributed by atoms with E-state index in [0.717, 1.165) is 5.56 Å². The molecule has 0 saturated heterocycles. The van der Waals surface area contributed by atoms with Crippen LogP contribution in [0.2, 0.25) is 10.0 Å². The Morgan fingerprint density at radius 3 is 2.53 bits per heavy atom. The number of H-pyrrole nitrogens is 1. The smallest absolute Gasteiger partial charge is 0.319 e. The fourth-order valence-electron chi connectivity index (χ4n) is 4.52. The summed E-state index contributed by atoms with van der Waals surface area (Å²) in [5, 5.41) is 0.807. The van der Waals surface area contributed by atoms with Crippen molar-refractivity contribution in [1.29, 1.82) is 0 Å². The first-order chi connectivity index (χ1) is 18.4. The highest BCUT2D eigenvalue weighted by atomic mass is 35.5. The predicted molar refractivity (Wildman–Crippen MR) is 142 cm³/mol. The van der Waals surface area contributed by atoms with Crippen molar-refractivity contribution >= 4 is 34.8 Å². The molecule has 0 saturated carbocycles. The van der Waals surface area contributed by atoms with Crippen LogP contribution >= 0.6 is 23.2 Å². The number of carbonyl (C=O) groups excluding carboxylic acids is 1. The molecule has 5 rings (SSSR count). The van der Waals surface area contributed by atoms with Crippen LogP contribution in [0.4, 0.5) is 5.69 Å². The van der Waals surface area contributed by atoms with Gasteiger partial charge >= 0.3 is 6.01 Å². The van der Waals surface area contributed by atoms with Gasteiger partial charge in [0.25, 0.3) is 11.5 Å². The summed E-state index contributed by atoms with van der Waals surface area (Å²) in [6.45, 7) is 0.834. The molecular weight excluding hydrogens is 533 g/mol. The minimum atomic E-state index is -0.710. The van der Waals surface area contributed by atoms with E-state index in [1.807, 2.05) is 4.57 Å². The van der Waals surface area contributed by atoms with Gasteiger partial charge in [0.15, 0.2) is 5.69 Å². The van der Waals surface area contributed by atoms with Gasteiger partial charge in [-0.2, -0.15) is 4.98 Å². The number of anilines is 1. The van der Waals surface area contributed by atoms with Gasteiger partial charge in [0, 0.05) is 24.0 Å². The lowest BCUT2D eigenvalue weighted by Gasteiger charge is -2.27. The number of imidazole rings is 1. The first-order valence-electron chi connectivity index (χ1n) is 11.6. The van der Waals surface area contributed by atoms with Crippen LogP contribution in [0.15, 0.2) is 47.5 Å². The van der Waals surface area contributed by atoms with E-state index in [2.05, 4.69) is 15.0 Å². The van der Waals surface area contributed by atoms with Gasteiger partial charge in [-0.25, -0.2) is 9.97 Å². The van der Waals surface area contributed by atoms with Crippen molar-refractivity contribution in [3.63, 3.8) is 0 Å². The number of carbonyl (C=O) groups is 1. The maximum Gasteiger partial charge on any atom is 0.319 e. The van der Waals surface area contributed by atoms with Crippen molar-refractivity contribution < 1.29 is 14.3 Å². The highest BCUT2D eigenvalue weighted by Crippen LogP contribution is 2.44. The van der Waals surface area contributed by atoms with Crippen LogP contribution in [0, 0.1) is 0 Å². The summed E-state index contributed by atoms with van der Waals surface area (Å²) in [6.07, 6.45) is 3.49. The van der Waals surface area contributed by atoms with E-state index in [1.54, 1.807) is 24.3 Å². The lowest BCUT2D eigenvalue weighted by Crippen LogP contribution is -2.34. The Labute approximate surface area is 227 Å². The minimum absolute atomic E-state index is 0.0951. The number of pyridine rings is 1. The standard InChI is InChI=1S/C25H23Cl2N7O4/c1-37-23-16(12-30-25(32-23)38-2)21-31-18-20(33(21)9-3-8-28)19(13-4-6-14(26)7-5-13)34(24(18)36)17-10-15(27)11-29-22(17)35/h4-7,10-12,19H,3,8-9,28H2,1-2H3,(H,29,35). The molecule has 0 spiro atoms. The number of hydrogen-bond acceptors (Lipinski definition) is 8. The summed E-state index contributed by atoms with van der Waals surface area (Å²) < 4.78 is 12.5. The third-order valence-corrected chi connectivity index (χ3v) is 6.64. The van der Waals surface area contributed by atoms with Crippen molar-refractivity contribution in [2.45, 2.75) is 19.0 Å². The number of amides is 1. The van der Waals surface area contributed by atoms with E-state index < -0.39 is 17.5 Å². The Kier molecular flexibility index (Phi) is 7.06. The zero-order valence-corrected chi connectivity index (χ0v) is 22.0. The van der Waals surface area contributed by atoms with E-state index in [0.29, 0.717) is 41.6 Å². The van der Waals surface area contributed by atoms with Crippen LogP contribution in [-0.4, -0.2) is 51.2 Å². The molecule has 38 heavy (non-hydrogen) atoms. The molecule has 11 nitrogen and oxygen atoms in total. The Morgan fingerprint density at radius 2 is 1.84 bits per heavy atom. The van der Waals surface area contributed by atoms with Gasteiger partial charge in [0.2, 0.25) is 5.88 Å². The molecule has 196 valence electrons. The van der Waals surface area contributed by atoms with Crippen molar-refractivity contribution in [1.82, 2.24) is 24.5 Å². The molecule has 1 atom stereocenters. The topological polar surface area (TPSA) is 141 Å². The van der Waals surface area contributed by atoms with Crippen LogP contribution in [0.1, 0.15) is 34.2 Å². The normalized spacial score (nSPS) is 14.6. The number of methoxy groups -OCH3 is 2. The van der Waals surface area contributed by atoms with Gasteiger partial charge in [-0.3, -0.25) is 14.5 Å². The van der Waals surface area contributed by atoms with Gasteiger partial charge in [-0.15, -0.1) is 0 Å². The average molecular weight is 556 g/mol. The fourth-order valence-corrected chi connectivity index (χ4v) is 4.80. The van der Waals surface area contributed by atoms with Gasteiger partial charge in [0.05, 0.1) is 30.5 Å². The number of nitrogens with zero attached hydrogens (tertiary/aromatic N) is 5. The van der Waals surface area contributed by atoms with E-state index in [9.17, 15) is 9.59 Å². The monoisotopic (exact) mass is 555 g/mol. The highest BCUT2D eigenvalue weighted by Gasteiger charge is 2.45. The van der Waals surface area contributed by atoms with Gasteiger partial charge < -0.3 is 24.8 Å². The molecule has 3 aromatic heterocycles. The summed E-state index contributed by atoms with van der Waals surface area (Å²) in [4.78, 5) is 44.1. The molecule has 0 fully saturated rings. The predicted octanol–water partition coefficient (Wildman–Crippen LogP) is 3.45. The first kappa shape index (κ1) is 25.7. The lowest BCUT2D eigenvalue weighted by atomic mass is 10.0. The SMILES string of the molecule is COc1ncc(-c2nc3c(n2CCCN)C(c2ccc(Cl)cc2)N(c2cc(Cl)c[nH]c2=O)C3=O)c(OC)n1. The molecule has 0 bridgehead atoms. The molecule has 4 heterocycles. The Morgan fingerprint density at radius 1 is 1.08 bits per heavy atom. The number of rotatable bonds is 8. The third-order valence-electron chi connectivity index (χ3n) is 6.17. The van der Waals surface area contributed by atoms with E-state index in [1.165, 1.54) is 37.6 Å². The molecule has 1 aliphatic rings. The van der Waals surface area contributed by atoms with Crippen LogP contribution in [0.25, 0.3) is 11.4 Å². The summed E-state index contributed by atoms with van der Waals surface area (Å²) in [7, 11) is 2.92. The zero-order valence-electron chi connectivity index (χ0n) is 20.4. The molecule has 0 radical (unpaired) electrons. The second kappa shape index (κ2) is 10.4. The zero-order chi connectivity index (χ0) is 27.0. The van der Waals surface area contributed by atoms with Crippen LogP contribution in [0.5, 0.6) is 11.9 Å². The van der Waals surface area contributed by atoms with E-state index in [-0.39, 0.29) is 28.3 Å². The van der Waals surface area contributed by atoms with Crippen LogP contribution in [0.3, 0.4) is 0 Å². The number of ether oxygens (including phenoxy) is 2. The molecule has 1 aliphatic heterocycles. The largest absolute Gasteiger partial charge is 0.480 e. The molecule has 1 aromatic carbocycles. The summed E-state index contributed by atoms with van der Waals surface area (Å²) >= 11 is 12.4. The lowest BCUT2D eigenvalue weighted by molar-refractivity contribution is 0.0989. The fraction of sp³-hybridized carbons (Fsp3) is 0.240. The molecule has 4 aromatic rings. The third kappa shape index (κ3) is 4.38. The Bertz CT molecular complexity index is 1570. The Hall–Kier alpha value is -3.93. The minimum Gasteiger partial charge on any atom is -0.480 e. The number of benzene rings is 1. The highest BCUT2D eigenvalue weighted by molar-refractivity contribution is 6.31. The molecule has 1 amide bonds. The number of nitrogens with one attached hydrogen (secondary N) is 1. The number of nitrogens with two attached hydrogens (primary N) is 1. The maximum absolute atomic E-state index is 14.0. The van der Waals surface area contributed by atoms with E-state index >= 15 is 0 Å². The first-order valence-corrected chi connectivity index (χ1v) is 12.4. The molecular formula is C25H23Cl2N7O4. The number of aromatic nitrogens is 5. The van der Waals surface area contributed by atoms with Crippen LogP contribution in [-0.2, 0) is 6.54 Å². The molecule has 0 aliphatic carbocycles. The van der Waals surface area contributed by atoms with Crippen molar-refractivity contribution in [3.05, 3.63) is 80.1 Å². The van der Waals surface area contributed by atoms with E-state index in [4.69, 9.17) is 43.4 Å². The van der Waals surface area contributed by atoms with Gasteiger partial charge in [0.1, 0.15) is 17.6 Å². The number of aromatic amines is 1. The molecule has 1 unspecified atom stereocenters. The molecule has 3 N–H and O–H groups in total. The summed E-state index contributed by atoms with van der Waals surface area (Å²) in [5.74, 6) is 0.192.